The fourth-order valence-corrected chi connectivity index (χ4v) is 3.83. The maximum absolute atomic E-state index is 6.02. The Balaban J connectivity index is 1.65. The molecule has 0 amide bonds. The number of thiazole rings is 1. The van der Waals surface area contributed by atoms with Gasteiger partial charge in [0, 0.05) is 23.0 Å². The van der Waals surface area contributed by atoms with Crippen molar-refractivity contribution >= 4 is 29.2 Å². The van der Waals surface area contributed by atoms with Crippen LogP contribution in [0, 0.1) is 0 Å². The lowest BCUT2D eigenvalue weighted by Crippen LogP contribution is -2.11. The third-order valence-electron chi connectivity index (χ3n) is 4.36. The Labute approximate surface area is 172 Å². The first kappa shape index (κ1) is 18.4. The highest BCUT2D eigenvalue weighted by Crippen LogP contribution is 2.22. The molecule has 0 aliphatic carbocycles. The summed E-state index contributed by atoms with van der Waals surface area (Å²) in [5.41, 5.74) is 5.45. The Bertz CT molecular complexity index is 1160. The van der Waals surface area contributed by atoms with Crippen LogP contribution in [-0.4, -0.2) is 17.9 Å². The molecule has 3 nitrogen and oxygen atoms in total. The number of benzene rings is 3. The molecule has 0 saturated carbocycles. The van der Waals surface area contributed by atoms with E-state index >= 15 is 0 Å². The molecule has 0 atom stereocenters. The largest absolute Gasteiger partial charge is 0.261 e. The number of rotatable bonds is 4. The summed E-state index contributed by atoms with van der Waals surface area (Å²) >= 11 is 7.58. The van der Waals surface area contributed by atoms with Crippen LogP contribution in [0.2, 0.25) is 5.02 Å². The molecule has 0 bridgehead atoms. The van der Waals surface area contributed by atoms with Crippen LogP contribution in [0.15, 0.2) is 94.3 Å². The molecule has 0 N–H and O–H groups in total. The predicted molar refractivity (Wildman–Crippen MR) is 119 cm³/mol. The van der Waals surface area contributed by atoms with E-state index in [0.717, 1.165) is 21.6 Å². The Morgan fingerprint density at radius 3 is 2.14 bits per heavy atom. The van der Waals surface area contributed by atoms with Crippen molar-refractivity contribution < 1.29 is 0 Å². The van der Waals surface area contributed by atoms with Crippen molar-refractivity contribution in [3.63, 3.8) is 0 Å². The summed E-state index contributed by atoms with van der Waals surface area (Å²) in [5, 5.41) is 7.46. The van der Waals surface area contributed by atoms with E-state index in [4.69, 9.17) is 11.6 Å². The number of halogens is 1. The zero-order valence-corrected chi connectivity index (χ0v) is 16.9. The van der Waals surface area contributed by atoms with Crippen LogP contribution in [0.3, 0.4) is 0 Å². The van der Waals surface area contributed by atoms with Crippen molar-refractivity contribution in [2.24, 2.45) is 10.1 Å². The molecule has 0 aliphatic heterocycles. The summed E-state index contributed by atoms with van der Waals surface area (Å²) in [4.78, 5) is 5.18. The third kappa shape index (κ3) is 3.98. The number of hydrogen-bond acceptors (Lipinski definition) is 3. The van der Waals surface area contributed by atoms with E-state index in [1.54, 1.807) is 18.4 Å². The van der Waals surface area contributed by atoms with E-state index in [-0.39, 0.29) is 0 Å². The van der Waals surface area contributed by atoms with Crippen LogP contribution in [0.25, 0.3) is 22.4 Å². The van der Waals surface area contributed by atoms with E-state index in [2.05, 4.69) is 51.9 Å². The summed E-state index contributed by atoms with van der Waals surface area (Å²) in [6.07, 6.45) is 1.86. The molecule has 1 aromatic heterocycles. The highest BCUT2D eigenvalue weighted by molar-refractivity contribution is 7.07. The van der Waals surface area contributed by atoms with Gasteiger partial charge in [0.05, 0.1) is 11.9 Å². The molecular formula is C23H18ClN3S. The molecule has 1 heterocycles. The summed E-state index contributed by atoms with van der Waals surface area (Å²) in [6.45, 7) is 0. The molecular weight excluding hydrogens is 386 g/mol. The van der Waals surface area contributed by atoms with Gasteiger partial charge in [0.1, 0.15) is 0 Å². The van der Waals surface area contributed by atoms with Crippen LogP contribution in [0.1, 0.15) is 5.56 Å². The monoisotopic (exact) mass is 403 g/mol. The first-order valence-electron chi connectivity index (χ1n) is 8.84. The Morgan fingerprint density at radius 1 is 0.821 bits per heavy atom. The van der Waals surface area contributed by atoms with Gasteiger partial charge in [-0.2, -0.15) is 5.10 Å². The zero-order chi connectivity index (χ0) is 19.3. The lowest BCUT2D eigenvalue weighted by Gasteiger charge is -2.04. The van der Waals surface area contributed by atoms with E-state index in [1.807, 2.05) is 53.4 Å². The third-order valence-corrected chi connectivity index (χ3v) is 5.52. The van der Waals surface area contributed by atoms with Gasteiger partial charge >= 0.3 is 0 Å². The SMILES string of the molecule is CN=c1scc(-c2ccc(Cl)cc2)n1N=Cc1ccc(-c2ccccc2)cc1. The molecule has 0 fully saturated rings. The molecule has 0 saturated heterocycles. The molecule has 0 unspecified atom stereocenters. The van der Waals surface area contributed by atoms with Crippen molar-refractivity contribution in [2.45, 2.75) is 0 Å². The lowest BCUT2D eigenvalue weighted by molar-refractivity contribution is 0.848. The van der Waals surface area contributed by atoms with E-state index in [1.165, 1.54) is 11.1 Å². The standard InChI is InChI=1S/C23H18ClN3S/c1-25-23-27(22(16-28-23)20-11-13-21(24)14-12-20)26-15-17-7-9-19(10-8-17)18-5-3-2-4-6-18/h2-16H,1H3. The molecule has 0 spiro atoms. The molecule has 5 heteroatoms. The highest BCUT2D eigenvalue weighted by atomic mass is 35.5. The number of aromatic nitrogens is 1. The zero-order valence-electron chi connectivity index (χ0n) is 15.3. The molecule has 4 rings (SSSR count). The van der Waals surface area contributed by atoms with Crippen molar-refractivity contribution in [1.29, 1.82) is 0 Å². The minimum atomic E-state index is 0.716. The molecule has 28 heavy (non-hydrogen) atoms. The summed E-state index contributed by atoms with van der Waals surface area (Å²) < 4.78 is 1.86. The minimum Gasteiger partial charge on any atom is -0.261 e. The summed E-state index contributed by atoms with van der Waals surface area (Å²) in [6, 6.07) is 26.5. The van der Waals surface area contributed by atoms with Crippen LogP contribution in [0.4, 0.5) is 0 Å². The lowest BCUT2D eigenvalue weighted by atomic mass is 10.0. The van der Waals surface area contributed by atoms with Gasteiger partial charge in [-0.25, -0.2) is 4.68 Å². The number of nitrogens with zero attached hydrogens (tertiary/aromatic N) is 3. The van der Waals surface area contributed by atoms with Gasteiger partial charge in [0.15, 0.2) is 0 Å². The maximum atomic E-state index is 6.02. The minimum absolute atomic E-state index is 0.716. The first-order valence-corrected chi connectivity index (χ1v) is 10.1. The predicted octanol–water partition coefficient (Wildman–Crippen LogP) is 5.95. The fraction of sp³-hybridized carbons (Fsp3) is 0.0435. The van der Waals surface area contributed by atoms with Gasteiger partial charge in [0.25, 0.3) is 0 Å². The summed E-state index contributed by atoms with van der Waals surface area (Å²) in [7, 11) is 1.78. The molecule has 4 aromatic rings. The van der Waals surface area contributed by atoms with Crippen LogP contribution in [0.5, 0.6) is 0 Å². The van der Waals surface area contributed by atoms with Crippen molar-refractivity contribution in [2.75, 3.05) is 7.05 Å². The van der Waals surface area contributed by atoms with Gasteiger partial charge in [-0.3, -0.25) is 4.99 Å². The van der Waals surface area contributed by atoms with Crippen LogP contribution < -0.4 is 4.80 Å². The second-order valence-corrected chi connectivity index (χ2v) is 7.45. The highest BCUT2D eigenvalue weighted by Gasteiger charge is 2.07. The smallest absolute Gasteiger partial charge is 0.205 e. The van der Waals surface area contributed by atoms with E-state index in [0.29, 0.717) is 5.02 Å². The Kier molecular flexibility index (Phi) is 5.51. The molecule has 138 valence electrons. The van der Waals surface area contributed by atoms with E-state index < -0.39 is 0 Å². The van der Waals surface area contributed by atoms with Crippen molar-refractivity contribution in [1.82, 2.24) is 4.68 Å². The second-order valence-electron chi connectivity index (χ2n) is 6.18. The van der Waals surface area contributed by atoms with Crippen molar-refractivity contribution in [3.8, 4) is 22.4 Å². The normalized spacial score (nSPS) is 12.0. The summed E-state index contributed by atoms with van der Waals surface area (Å²) in [5.74, 6) is 0. The van der Waals surface area contributed by atoms with Gasteiger partial charge in [-0.1, -0.05) is 78.3 Å². The van der Waals surface area contributed by atoms with Gasteiger partial charge in [-0.05, 0) is 28.8 Å². The van der Waals surface area contributed by atoms with Gasteiger partial charge in [0.2, 0.25) is 4.80 Å². The average molecular weight is 404 g/mol. The average Bonchev–Trinajstić information content (AvgIpc) is 3.17. The van der Waals surface area contributed by atoms with Crippen LogP contribution in [-0.2, 0) is 0 Å². The van der Waals surface area contributed by atoms with Crippen molar-refractivity contribution in [3.05, 3.63) is 99.6 Å². The van der Waals surface area contributed by atoms with Gasteiger partial charge in [-0.15, -0.1) is 11.3 Å². The maximum Gasteiger partial charge on any atom is 0.205 e. The molecule has 0 radical (unpaired) electrons. The molecule has 0 aliphatic rings. The quantitative estimate of drug-likeness (QED) is 0.377. The first-order chi connectivity index (χ1) is 13.7. The van der Waals surface area contributed by atoms with Gasteiger partial charge < -0.3 is 0 Å². The van der Waals surface area contributed by atoms with E-state index in [9.17, 15) is 0 Å². The molecule has 3 aromatic carbocycles. The second kappa shape index (κ2) is 8.38. The topological polar surface area (TPSA) is 29.6 Å². The van der Waals surface area contributed by atoms with Crippen LogP contribution >= 0.6 is 22.9 Å². The number of hydrogen-bond donors (Lipinski definition) is 0. The Morgan fingerprint density at radius 2 is 1.46 bits per heavy atom. The fourth-order valence-electron chi connectivity index (χ4n) is 2.90. The Hall–Kier alpha value is -2.95.